The first-order valence-corrected chi connectivity index (χ1v) is 6.88. The van der Waals surface area contributed by atoms with Gasteiger partial charge in [0.25, 0.3) is 0 Å². The molecule has 3 unspecified atom stereocenters. The Bertz CT molecular complexity index is 508. The van der Waals surface area contributed by atoms with E-state index in [0.29, 0.717) is 17.0 Å². The summed E-state index contributed by atoms with van der Waals surface area (Å²) in [5.74, 6) is 0.232. The molecule has 0 aromatic heterocycles. The molecule has 1 aromatic rings. The normalized spacial score (nSPS) is 28.1. The monoisotopic (exact) mass is 261 g/mol. The molecule has 2 rings (SSSR count). The molecule has 19 heavy (non-hydrogen) atoms. The Kier molecular flexibility index (Phi) is 3.91. The van der Waals surface area contributed by atoms with Gasteiger partial charge in [-0.2, -0.15) is 5.26 Å². The molecular formula is C16H20FNO. The predicted molar refractivity (Wildman–Crippen MR) is 71.8 cm³/mol. The Labute approximate surface area is 113 Å². The summed E-state index contributed by atoms with van der Waals surface area (Å²) in [5.41, 5.74) is 0.456. The Hall–Kier alpha value is -1.40. The predicted octanol–water partition coefficient (Wildman–Crippen LogP) is 3.89. The molecule has 0 amide bonds. The number of benzene rings is 1. The third kappa shape index (κ3) is 2.50. The minimum atomic E-state index is -0.826. The minimum Gasteiger partial charge on any atom is -0.387 e. The largest absolute Gasteiger partial charge is 0.387 e. The molecule has 0 heterocycles. The van der Waals surface area contributed by atoms with Crippen LogP contribution in [0.5, 0.6) is 0 Å². The highest BCUT2D eigenvalue weighted by molar-refractivity contribution is 5.29. The number of aliphatic hydroxyl groups excluding tert-OH is 1. The van der Waals surface area contributed by atoms with E-state index in [4.69, 9.17) is 0 Å². The number of rotatable bonds is 3. The first kappa shape index (κ1) is 14.0. The SMILES string of the molecule is CCC1CCC(C#N)(C(O)c2ccc(F)c(C)c2)C1. The van der Waals surface area contributed by atoms with Crippen LogP contribution in [0.25, 0.3) is 0 Å². The molecule has 0 aliphatic heterocycles. The molecule has 3 atom stereocenters. The van der Waals surface area contributed by atoms with E-state index >= 15 is 0 Å². The van der Waals surface area contributed by atoms with Crippen molar-refractivity contribution in [2.24, 2.45) is 11.3 Å². The van der Waals surface area contributed by atoms with Gasteiger partial charge in [0, 0.05) is 0 Å². The molecule has 3 heteroatoms. The minimum absolute atomic E-state index is 0.278. The van der Waals surface area contributed by atoms with Crippen LogP contribution in [0.1, 0.15) is 49.8 Å². The zero-order valence-corrected chi connectivity index (χ0v) is 11.5. The van der Waals surface area contributed by atoms with Crippen molar-refractivity contribution in [3.63, 3.8) is 0 Å². The molecule has 1 aromatic carbocycles. The number of hydrogen-bond donors (Lipinski definition) is 1. The Morgan fingerprint density at radius 1 is 1.58 bits per heavy atom. The first-order valence-electron chi connectivity index (χ1n) is 6.88. The Morgan fingerprint density at radius 2 is 2.32 bits per heavy atom. The highest BCUT2D eigenvalue weighted by atomic mass is 19.1. The van der Waals surface area contributed by atoms with Crippen LogP contribution in [-0.4, -0.2) is 5.11 Å². The lowest BCUT2D eigenvalue weighted by Gasteiger charge is -2.28. The summed E-state index contributed by atoms with van der Waals surface area (Å²) >= 11 is 0. The van der Waals surface area contributed by atoms with Gasteiger partial charge in [0.15, 0.2) is 0 Å². The molecule has 1 saturated carbocycles. The standard InChI is InChI=1S/C16H20FNO/c1-3-12-6-7-16(9-12,10-18)15(19)13-4-5-14(17)11(2)8-13/h4-5,8,12,15,19H,3,6-7,9H2,1-2H3. The topological polar surface area (TPSA) is 44.0 Å². The van der Waals surface area contributed by atoms with Crippen molar-refractivity contribution < 1.29 is 9.50 Å². The smallest absolute Gasteiger partial charge is 0.126 e. The van der Waals surface area contributed by atoms with Crippen molar-refractivity contribution in [1.29, 1.82) is 5.26 Å². The average Bonchev–Trinajstić information content (AvgIpc) is 2.86. The van der Waals surface area contributed by atoms with Crippen LogP contribution in [0.3, 0.4) is 0 Å². The first-order chi connectivity index (χ1) is 9.02. The van der Waals surface area contributed by atoms with Crippen LogP contribution >= 0.6 is 0 Å². The van der Waals surface area contributed by atoms with Gasteiger partial charge in [-0.15, -0.1) is 0 Å². The Balaban J connectivity index is 2.29. The third-order valence-corrected chi connectivity index (χ3v) is 4.47. The quantitative estimate of drug-likeness (QED) is 0.897. The lowest BCUT2D eigenvalue weighted by molar-refractivity contribution is 0.0640. The van der Waals surface area contributed by atoms with Crippen molar-refractivity contribution in [2.45, 2.75) is 45.6 Å². The number of nitrogens with zero attached hydrogens (tertiary/aromatic N) is 1. The molecule has 1 N–H and O–H groups in total. The fraction of sp³-hybridized carbons (Fsp3) is 0.562. The van der Waals surface area contributed by atoms with Crippen LogP contribution < -0.4 is 0 Å². The maximum atomic E-state index is 13.3. The molecule has 1 aliphatic carbocycles. The summed E-state index contributed by atoms with van der Waals surface area (Å²) < 4.78 is 13.3. The van der Waals surface area contributed by atoms with E-state index in [2.05, 4.69) is 13.0 Å². The number of aryl methyl sites for hydroxylation is 1. The van der Waals surface area contributed by atoms with E-state index in [1.165, 1.54) is 6.07 Å². The fourth-order valence-electron chi connectivity index (χ4n) is 3.10. The number of aliphatic hydroxyl groups is 1. The van der Waals surface area contributed by atoms with Crippen molar-refractivity contribution in [1.82, 2.24) is 0 Å². The van der Waals surface area contributed by atoms with Crippen LogP contribution in [0, 0.1) is 35.4 Å². The summed E-state index contributed by atoms with van der Waals surface area (Å²) in [4.78, 5) is 0. The van der Waals surface area contributed by atoms with Gasteiger partial charge in [-0.05, 0) is 49.3 Å². The molecule has 0 radical (unpaired) electrons. The van der Waals surface area contributed by atoms with Crippen LogP contribution in [0.15, 0.2) is 18.2 Å². The van der Waals surface area contributed by atoms with Crippen molar-refractivity contribution in [3.8, 4) is 6.07 Å². The highest BCUT2D eigenvalue weighted by Crippen LogP contribution is 2.50. The second-order valence-electron chi connectivity index (χ2n) is 5.70. The highest BCUT2D eigenvalue weighted by Gasteiger charge is 2.45. The Morgan fingerprint density at radius 3 is 2.84 bits per heavy atom. The fourth-order valence-corrected chi connectivity index (χ4v) is 3.10. The number of halogens is 1. The number of nitriles is 1. The maximum Gasteiger partial charge on any atom is 0.126 e. The van der Waals surface area contributed by atoms with E-state index in [0.717, 1.165) is 25.7 Å². The summed E-state index contributed by atoms with van der Waals surface area (Å²) in [6, 6.07) is 6.94. The molecule has 0 spiro atoms. The van der Waals surface area contributed by atoms with Crippen LogP contribution in [0.4, 0.5) is 4.39 Å². The second-order valence-corrected chi connectivity index (χ2v) is 5.70. The van der Waals surface area contributed by atoms with Crippen molar-refractivity contribution in [2.75, 3.05) is 0 Å². The zero-order chi connectivity index (χ0) is 14.0. The maximum absolute atomic E-state index is 13.3. The average molecular weight is 261 g/mol. The summed E-state index contributed by atoms with van der Waals surface area (Å²) in [6.07, 6.45) is 2.66. The molecular weight excluding hydrogens is 241 g/mol. The molecule has 2 nitrogen and oxygen atoms in total. The third-order valence-electron chi connectivity index (χ3n) is 4.47. The van der Waals surface area contributed by atoms with Gasteiger partial charge in [0.05, 0.1) is 17.6 Å². The van der Waals surface area contributed by atoms with Crippen molar-refractivity contribution >= 4 is 0 Å². The summed E-state index contributed by atoms with van der Waals surface area (Å²) in [6.45, 7) is 3.79. The van der Waals surface area contributed by atoms with Gasteiger partial charge < -0.3 is 5.11 Å². The van der Waals surface area contributed by atoms with E-state index < -0.39 is 11.5 Å². The second kappa shape index (κ2) is 5.30. The summed E-state index contributed by atoms with van der Waals surface area (Å²) in [5, 5.41) is 20.1. The van der Waals surface area contributed by atoms with Gasteiger partial charge in [-0.3, -0.25) is 0 Å². The zero-order valence-electron chi connectivity index (χ0n) is 11.5. The van der Waals surface area contributed by atoms with Crippen LogP contribution in [0.2, 0.25) is 0 Å². The van der Waals surface area contributed by atoms with Gasteiger partial charge in [-0.25, -0.2) is 4.39 Å². The van der Waals surface area contributed by atoms with E-state index in [1.807, 2.05) is 0 Å². The van der Waals surface area contributed by atoms with E-state index in [9.17, 15) is 14.8 Å². The molecule has 0 saturated heterocycles. The van der Waals surface area contributed by atoms with Crippen LogP contribution in [-0.2, 0) is 0 Å². The number of hydrogen-bond acceptors (Lipinski definition) is 2. The lowest BCUT2D eigenvalue weighted by atomic mass is 9.77. The van der Waals surface area contributed by atoms with E-state index in [1.54, 1.807) is 19.1 Å². The van der Waals surface area contributed by atoms with Gasteiger partial charge >= 0.3 is 0 Å². The van der Waals surface area contributed by atoms with E-state index in [-0.39, 0.29) is 5.82 Å². The van der Waals surface area contributed by atoms with Gasteiger partial charge in [0.2, 0.25) is 0 Å². The lowest BCUT2D eigenvalue weighted by Crippen LogP contribution is -2.24. The molecule has 1 aliphatic rings. The molecule has 102 valence electrons. The van der Waals surface area contributed by atoms with Gasteiger partial charge in [-0.1, -0.05) is 25.5 Å². The molecule has 0 bridgehead atoms. The van der Waals surface area contributed by atoms with Gasteiger partial charge in [0.1, 0.15) is 5.82 Å². The molecule has 1 fully saturated rings. The summed E-state index contributed by atoms with van der Waals surface area (Å²) in [7, 11) is 0. The van der Waals surface area contributed by atoms with Crippen molar-refractivity contribution in [3.05, 3.63) is 35.1 Å².